The van der Waals surface area contributed by atoms with Gasteiger partial charge in [-0.15, -0.1) is 24.8 Å². The average Bonchev–Trinajstić information content (AvgIpc) is 3.03. The minimum atomic E-state index is -0.338. The Morgan fingerprint density at radius 3 is 2.27 bits per heavy atom. The molecule has 0 spiro atoms. The molecule has 3 fully saturated rings. The fourth-order valence-electron chi connectivity index (χ4n) is 3.63. The number of carbonyl (C=O) groups excluding carboxylic acids is 2. The Morgan fingerprint density at radius 2 is 1.73 bits per heavy atom. The highest BCUT2D eigenvalue weighted by atomic mass is 35.5. The third-order valence-electron chi connectivity index (χ3n) is 5.53. The van der Waals surface area contributed by atoms with Gasteiger partial charge in [-0.25, -0.2) is 0 Å². The van der Waals surface area contributed by atoms with E-state index in [9.17, 15) is 9.59 Å². The lowest BCUT2D eigenvalue weighted by molar-refractivity contribution is -0.139. The standard InChI is InChI=1S/C17H30N4O3.2ClH/c18-12-14-4-5-15(24-14)16(22)19-6-7-20-8-10-21(11-9-20)17(23)13-2-1-3-13;;/h13-15H,1-12,18H2,(H,19,22);2*1H/t14-,15+;;/m1../s1. The molecule has 2 saturated heterocycles. The first-order valence-electron chi connectivity index (χ1n) is 9.31. The third-order valence-corrected chi connectivity index (χ3v) is 5.53. The van der Waals surface area contributed by atoms with E-state index in [1.807, 2.05) is 4.90 Å². The van der Waals surface area contributed by atoms with Crippen LogP contribution in [0, 0.1) is 5.92 Å². The number of piperazine rings is 1. The number of carbonyl (C=O) groups is 2. The molecule has 2 aliphatic heterocycles. The molecule has 0 radical (unpaired) electrons. The summed E-state index contributed by atoms with van der Waals surface area (Å²) in [6, 6.07) is 0. The zero-order chi connectivity index (χ0) is 16.9. The van der Waals surface area contributed by atoms with E-state index in [2.05, 4.69) is 10.2 Å². The van der Waals surface area contributed by atoms with Crippen molar-refractivity contribution in [3.63, 3.8) is 0 Å². The van der Waals surface area contributed by atoms with Crippen LogP contribution in [0.2, 0.25) is 0 Å². The molecule has 0 unspecified atom stereocenters. The Bertz CT molecular complexity index is 457. The Hall–Kier alpha value is -0.600. The van der Waals surface area contributed by atoms with Gasteiger partial charge in [-0.2, -0.15) is 0 Å². The van der Waals surface area contributed by atoms with Gasteiger partial charge in [0, 0.05) is 51.7 Å². The van der Waals surface area contributed by atoms with E-state index in [-0.39, 0.29) is 42.9 Å². The summed E-state index contributed by atoms with van der Waals surface area (Å²) in [5, 5.41) is 2.96. The van der Waals surface area contributed by atoms with Crippen LogP contribution < -0.4 is 11.1 Å². The molecule has 0 aromatic rings. The highest BCUT2D eigenvalue weighted by molar-refractivity contribution is 5.85. The smallest absolute Gasteiger partial charge is 0.249 e. The molecule has 0 aromatic carbocycles. The second kappa shape index (κ2) is 11.3. The first kappa shape index (κ1) is 23.4. The lowest BCUT2D eigenvalue weighted by atomic mass is 9.84. The largest absolute Gasteiger partial charge is 0.364 e. The summed E-state index contributed by atoms with van der Waals surface area (Å²) in [5.74, 6) is 0.617. The van der Waals surface area contributed by atoms with Crippen molar-refractivity contribution in [1.29, 1.82) is 0 Å². The van der Waals surface area contributed by atoms with E-state index in [1.165, 1.54) is 6.42 Å². The molecular weight excluding hydrogens is 379 g/mol. The second-order valence-corrected chi connectivity index (χ2v) is 7.15. The number of halogens is 2. The molecule has 3 rings (SSSR count). The molecular formula is C17H32Cl2N4O3. The third kappa shape index (κ3) is 5.96. The van der Waals surface area contributed by atoms with Gasteiger partial charge in [0.1, 0.15) is 6.10 Å². The summed E-state index contributed by atoms with van der Waals surface area (Å²) in [7, 11) is 0. The summed E-state index contributed by atoms with van der Waals surface area (Å²) < 4.78 is 5.60. The maximum atomic E-state index is 12.2. The number of rotatable bonds is 6. The van der Waals surface area contributed by atoms with Gasteiger partial charge in [0.2, 0.25) is 11.8 Å². The molecule has 0 bridgehead atoms. The minimum absolute atomic E-state index is 0. The average molecular weight is 411 g/mol. The van der Waals surface area contributed by atoms with Crippen molar-refractivity contribution in [2.45, 2.75) is 44.3 Å². The van der Waals surface area contributed by atoms with Crippen LogP contribution in [0.4, 0.5) is 0 Å². The van der Waals surface area contributed by atoms with Crippen molar-refractivity contribution in [2.75, 3.05) is 45.8 Å². The SMILES string of the molecule is Cl.Cl.NC[C@H]1CC[C@@H](C(=O)NCCN2CCN(C(=O)C3CCC3)CC2)O1. The minimum Gasteiger partial charge on any atom is -0.364 e. The zero-order valence-corrected chi connectivity index (χ0v) is 16.9. The van der Waals surface area contributed by atoms with Gasteiger partial charge < -0.3 is 20.7 Å². The number of nitrogens with one attached hydrogen (secondary N) is 1. The highest BCUT2D eigenvalue weighted by Gasteiger charge is 2.31. The van der Waals surface area contributed by atoms with Crippen molar-refractivity contribution >= 4 is 36.6 Å². The Balaban J connectivity index is 0.00000169. The topological polar surface area (TPSA) is 87.9 Å². The molecule has 26 heavy (non-hydrogen) atoms. The van der Waals surface area contributed by atoms with Crippen molar-refractivity contribution in [2.24, 2.45) is 11.7 Å². The summed E-state index contributed by atoms with van der Waals surface area (Å²) in [5.41, 5.74) is 5.57. The fourth-order valence-corrected chi connectivity index (χ4v) is 3.63. The van der Waals surface area contributed by atoms with Crippen molar-refractivity contribution in [3.05, 3.63) is 0 Å². The molecule has 3 N–H and O–H groups in total. The number of amides is 2. The summed E-state index contributed by atoms with van der Waals surface area (Å²) in [6.45, 7) is 5.34. The van der Waals surface area contributed by atoms with E-state index in [0.29, 0.717) is 24.9 Å². The van der Waals surface area contributed by atoms with Crippen LogP contribution in [0.5, 0.6) is 0 Å². The molecule has 152 valence electrons. The van der Waals surface area contributed by atoms with Crippen molar-refractivity contribution in [1.82, 2.24) is 15.1 Å². The van der Waals surface area contributed by atoms with Crippen LogP contribution in [0.25, 0.3) is 0 Å². The number of nitrogens with two attached hydrogens (primary N) is 1. The molecule has 7 nitrogen and oxygen atoms in total. The van der Waals surface area contributed by atoms with Crippen LogP contribution in [-0.4, -0.2) is 79.6 Å². The summed E-state index contributed by atoms with van der Waals surface area (Å²) in [6.07, 6.45) is 4.66. The predicted molar refractivity (Wildman–Crippen MR) is 105 cm³/mol. The number of hydrogen-bond acceptors (Lipinski definition) is 5. The zero-order valence-electron chi connectivity index (χ0n) is 15.2. The predicted octanol–water partition coefficient (Wildman–Crippen LogP) is 0.397. The number of nitrogens with zero attached hydrogens (tertiary/aromatic N) is 2. The van der Waals surface area contributed by atoms with Gasteiger partial charge >= 0.3 is 0 Å². The number of hydrogen-bond donors (Lipinski definition) is 2. The van der Waals surface area contributed by atoms with E-state index < -0.39 is 0 Å². The fraction of sp³-hybridized carbons (Fsp3) is 0.882. The van der Waals surface area contributed by atoms with E-state index in [0.717, 1.165) is 58.4 Å². The summed E-state index contributed by atoms with van der Waals surface area (Å²) >= 11 is 0. The Morgan fingerprint density at radius 1 is 1.04 bits per heavy atom. The van der Waals surface area contributed by atoms with E-state index in [4.69, 9.17) is 10.5 Å². The van der Waals surface area contributed by atoms with Gasteiger partial charge in [0.05, 0.1) is 6.10 Å². The van der Waals surface area contributed by atoms with Crippen LogP contribution >= 0.6 is 24.8 Å². The first-order valence-corrected chi connectivity index (χ1v) is 9.31. The number of ether oxygens (including phenoxy) is 1. The van der Waals surface area contributed by atoms with Gasteiger partial charge in [0.15, 0.2) is 0 Å². The molecule has 9 heteroatoms. The van der Waals surface area contributed by atoms with Gasteiger partial charge in [0.25, 0.3) is 0 Å². The van der Waals surface area contributed by atoms with Crippen molar-refractivity contribution in [3.8, 4) is 0 Å². The normalized spacial score (nSPS) is 26.4. The monoisotopic (exact) mass is 410 g/mol. The van der Waals surface area contributed by atoms with E-state index in [1.54, 1.807) is 0 Å². The molecule has 2 amide bonds. The maximum absolute atomic E-state index is 12.2. The lowest BCUT2D eigenvalue weighted by Crippen LogP contribution is -2.52. The maximum Gasteiger partial charge on any atom is 0.249 e. The molecule has 0 aromatic heterocycles. The van der Waals surface area contributed by atoms with Gasteiger partial charge in [-0.3, -0.25) is 14.5 Å². The quantitative estimate of drug-likeness (QED) is 0.661. The van der Waals surface area contributed by atoms with Gasteiger partial charge in [-0.1, -0.05) is 6.42 Å². The molecule has 2 heterocycles. The van der Waals surface area contributed by atoms with Crippen LogP contribution in [0.1, 0.15) is 32.1 Å². The first-order chi connectivity index (χ1) is 11.7. The Kier molecular flexibility index (Phi) is 10.2. The molecule has 1 saturated carbocycles. The van der Waals surface area contributed by atoms with Crippen molar-refractivity contribution < 1.29 is 14.3 Å². The molecule has 2 atom stereocenters. The Labute approximate surface area is 168 Å². The van der Waals surface area contributed by atoms with Crippen LogP contribution in [-0.2, 0) is 14.3 Å². The lowest BCUT2D eigenvalue weighted by Gasteiger charge is -2.38. The highest BCUT2D eigenvalue weighted by Crippen LogP contribution is 2.28. The van der Waals surface area contributed by atoms with Gasteiger partial charge in [-0.05, 0) is 25.7 Å². The van der Waals surface area contributed by atoms with E-state index >= 15 is 0 Å². The summed E-state index contributed by atoms with van der Waals surface area (Å²) in [4.78, 5) is 28.6. The molecule has 3 aliphatic rings. The second-order valence-electron chi connectivity index (χ2n) is 7.15. The molecule has 1 aliphatic carbocycles. The van der Waals surface area contributed by atoms with Crippen LogP contribution in [0.3, 0.4) is 0 Å². The van der Waals surface area contributed by atoms with Crippen LogP contribution in [0.15, 0.2) is 0 Å².